The van der Waals surface area contributed by atoms with Crippen molar-refractivity contribution in [1.29, 1.82) is 0 Å². The van der Waals surface area contributed by atoms with Gasteiger partial charge < -0.3 is 9.30 Å². The van der Waals surface area contributed by atoms with Crippen molar-refractivity contribution in [3.63, 3.8) is 0 Å². The molecule has 0 saturated carbocycles. The van der Waals surface area contributed by atoms with Gasteiger partial charge in [0, 0.05) is 11.1 Å². The lowest BCUT2D eigenvalue weighted by Gasteiger charge is -2.25. The monoisotopic (exact) mass is 264 g/mol. The Morgan fingerprint density at radius 2 is 1.76 bits per heavy atom. The van der Waals surface area contributed by atoms with E-state index in [4.69, 9.17) is 16.3 Å². The summed E-state index contributed by atoms with van der Waals surface area (Å²) in [5.41, 5.74) is 0. The molecule has 0 radical (unpaired) electrons. The first-order valence-electron chi connectivity index (χ1n) is 5.24. The molecule has 1 unspecified atom stereocenters. The smallest absolute Gasteiger partial charge is 0.147 e. The fourth-order valence-corrected chi connectivity index (χ4v) is 4.29. The van der Waals surface area contributed by atoms with Gasteiger partial charge in [0.1, 0.15) is 18.6 Å². The first kappa shape index (κ1) is 10.9. The molecule has 1 aliphatic heterocycles. The SMILES string of the molecule is CP1(=O)c2ccccc2Oc2cc(Cl)ccc21. The van der Waals surface area contributed by atoms with Gasteiger partial charge in [-0.2, -0.15) is 0 Å². The van der Waals surface area contributed by atoms with Crippen LogP contribution in [0, 0.1) is 0 Å². The maximum absolute atomic E-state index is 12.9. The lowest BCUT2D eigenvalue weighted by molar-refractivity contribution is 0.485. The quantitative estimate of drug-likeness (QED) is 0.682. The molecular weight excluding hydrogens is 255 g/mol. The zero-order valence-electron chi connectivity index (χ0n) is 9.18. The Morgan fingerprint density at radius 3 is 2.59 bits per heavy atom. The Kier molecular flexibility index (Phi) is 2.32. The Morgan fingerprint density at radius 1 is 1.06 bits per heavy atom. The molecule has 0 spiro atoms. The lowest BCUT2D eigenvalue weighted by atomic mass is 10.3. The van der Waals surface area contributed by atoms with Crippen LogP contribution in [-0.4, -0.2) is 6.66 Å². The van der Waals surface area contributed by atoms with Gasteiger partial charge in [-0.3, -0.25) is 0 Å². The van der Waals surface area contributed by atoms with Crippen molar-refractivity contribution in [2.24, 2.45) is 0 Å². The lowest BCUT2D eigenvalue weighted by Crippen LogP contribution is -2.23. The van der Waals surface area contributed by atoms with E-state index in [1.807, 2.05) is 24.3 Å². The van der Waals surface area contributed by atoms with Gasteiger partial charge in [-0.15, -0.1) is 0 Å². The third-order valence-corrected chi connectivity index (χ3v) is 5.74. The van der Waals surface area contributed by atoms with Gasteiger partial charge in [0.25, 0.3) is 0 Å². The van der Waals surface area contributed by atoms with Gasteiger partial charge in [0.15, 0.2) is 0 Å². The second-order valence-electron chi connectivity index (χ2n) is 4.11. The molecular formula is C13H10ClO2P. The molecule has 2 aromatic rings. The Balaban J connectivity index is 2.31. The van der Waals surface area contributed by atoms with Gasteiger partial charge in [0.2, 0.25) is 0 Å². The van der Waals surface area contributed by atoms with Crippen LogP contribution in [0.15, 0.2) is 42.5 Å². The molecule has 17 heavy (non-hydrogen) atoms. The number of ether oxygens (including phenoxy) is 1. The third kappa shape index (κ3) is 1.60. The summed E-state index contributed by atoms with van der Waals surface area (Å²) in [5.74, 6) is 1.26. The molecule has 0 N–H and O–H groups in total. The summed E-state index contributed by atoms with van der Waals surface area (Å²) in [5, 5.41) is 2.10. The van der Waals surface area contributed by atoms with Crippen LogP contribution >= 0.6 is 18.7 Å². The first-order chi connectivity index (χ1) is 8.09. The van der Waals surface area contributed by atoms with Crippen LogP contribution in [0.1, 0.15) is 0 Å². The maximum Gasteiger partial charge on any atom is 0.147 e. The zero-order valence-corrected chi connectivity index (χ0v) is 10.8. The number of halogens is 1. The molecule has 2 nitrogen and oxygen atoms in total. The van der Waals surface area contributed by atoms with E-state index in [1.165, 1.54) is 0 Å². The molecule has 0 saturated heterocycles. The van der Waals surface area contributed by atoms with Crippen molar-refractivity contribution in [3.05, 3.63) is 47.5 Å². The number of rotatable bonds is 0. The molecule has 86 valence electrons. The van der Waals surface area contributed by atoms with Crippen LogP contribution in [0.25, 0.3) is 0 Å². The summed E-state index contributed by atoms with van der Waals surface area (Å²) < 4.78 is 18.6. The second-order valence-corrected chi connectivity index (χ2v) is 7.35. The van der Waals surface area contributed by atoms with Gasteiger partial charge >= 0.3 is 0 Å². The average molecular weight is 265 g/mol. The summed E-state index contributed by atoms with van der Waals surface area (Å²) in [7, 11) is -2.57. The largest absolute Gasteiger partial charge is 0.456 e. The van der Waals surface area contributed by atoms with Crippen LogP contribution in [0.2, 0.25) is 5.02 Å². The van der Waals surface area contributed by atoms with Gasteiger partial charge in [-0.05, 0) is 30.9 Å². The Hall–Kier alpha value is -1.24. The highest BCUT2D eigenvalue weighted by Crippen LogP contribution is 2.49. The zero-order chi connectivity index (χ0) is 12.0. The van der Waals surface area contributed by atoms with Crippen LogP contribution in [0.5, 0.6) is 11.5 Å². The topological polar surface area (TPSA) is 26.3 Å². The van der Waals surface area contributed by atoms with E-state index in [-0.39, 0.29) is 0 Å². The molecule has 4 heteroatoms. The van der Waals surface area contributed by atoms with Crippen molar-refractivity contribution < 1.29 is 9.30 Å². The molecule has 1 aliphatic rings. The second kappa shape index (κ2) is 3.63. The molecule has 0 aliphatic carbocycles. The molecule has 0 aromatic heterocycles. The van der Waals surface area contributed by atoms with Gasteiger partial charge in [-0.1, -0.05) is 23.7 Å². The highest BCUT2D eigenvalue weighted by molar-refractivity contribution is 7.78. The fourth-order valence-electron chi connectivity index (χ4n) is 2.07. The average Bonchev–Trinajstić information content (AvgIpc) is 2.28. The molecule has 1 atom stereocenters. The summed E-state index contributed by atoms with van der Waals surface area (Å²) in [6.07, 6.45) is 0. The summed E-state index contributed by atoms with van der Waals surface area (Å²) in [6, 6.07) is 12.7. The number of hydrogen-bond donors (Lipinski definition) is 0. The van der Waals surface area contributed by atoms with Gasteiger partial charge in [0.05, 0.1) is 10.6 Å². The number of para-hydroxylation sites is 1. The summed E-state index contributed by atoms with van der Waals surface area (Å²) in [6.45, 7) is 1.76. The predicted octanol–water partition coefficient (Wildman–Crippen LogP) is 3.39. The van der Waals surface area contributed by atoms with Crippen molar-refractivity contribution in [3.8, 4) is 11.5 Å². The highest BCUT2D eigenvalue weighted by Gasteiger charge is 2.32. The fraction of sp³-hybridized carbons (Fsp3) is 0.0769. The minimum absolute atomic E-state index is 0.586. The van der Waals surface area contributed by atoms with Crippen LogP contribution in [0.4, 0.5) is 0 Å². The van der Waals surface area contributed by atoms with Crippen LogP contribution < -0.4 is 15.3 Å². The van der Waals surface area contributed by atoms with E-state index < -0.39 is 7.14 Å². The van der Waals surface area contributed by atoms with Crippen molar-refractivity contribution >= 4 is 29.4 Å². The highest BCUT2D eigenvalue weighted by atomic mass is 35.5. The van der Waals surface area contributed by atoms with Crippen LogP contribution in [0.3, 0.4) is 0 Å². The molecule has 0 fully saturated rings. The Bertz CT molecular complexity index is 652. The van der Waals surface area contributed by atoms with E-state index in [0.29, 0.717) is 16.5 Å². The molecule has 3 rings (SSSR count). The predicted molar refractivity (Wildman–Crippen MR) is 70.8 cm³/mol. The number of fused-ring (bicyclic) bond motifs is 2. The van der Waals surface area contributed by atoms with E-state index in [2.05, 4.69) is 0 Å². The molecule has 0 bridgehead atoms. The normalized spacial score (nSPS) is 21.3. The minimum Gasteiger partial charge on any atom is -0.456 e. The first-order valence-corrected chi connectivity index (χ1v) is 7.77. The van der Waals surface area contributed by atoms with E-state index in [1.54, 1.807) is 24.9 Å². The standard InChI is InChI=1S/C13H10ClO2P/c1-17(15)12-5-3-2-4-10(12)16-11-8-9(14)6-7-13(11)17/h2-8H,1H3. The number of benzene rings is 2. The molecule has 1 heterocycles. The van der Waals surface area contributed by atoms with Crippen molar-refractivity contribution in [2.75, 3.05) is 6.66 Å². The minimum atomic E-state index is -2.57. The number of hydrogen-bond acceptors (Lipinski definition) is 2. The van der Waals surface area contributed by atoms with Crippen LogP contribution in [-0.2, 0) is 4.57 Å². The van der Waals surface area contributed by atoms with E-state index in [0.717, 1.165) is 10.6 Å². The molecule has 2 aromatic carbocycles. The van der Waals surface area contributed by atoms with Crippen molar-refractivity contribution in [1.82, 2.24) is 0 Å². The van der Waals surface area contributed by atoms with Gasteiger partial charge in [-0.25, -0.2) is 0 Å². The van der Waals surface area contributed by atoms with E-state index in [9.17, 15) is 4.57 Å². The summed E-state index contributed by atoms with van der Waals surface area (Å²) >= 11 is 5.93. The summed E-state index contributed by atoms with van der Waals surface area (Å²) in [4.78, 5) is 0. The third-order valence-electron chi connectivity index (χ3n) is 2.93. The van der Waals surface area contributed by atoms with Crippen molar-refractivity contribution in [2.45, 2.75) is 0 Å². The molecule has 0 amide bonds. The maximum atomic E-state index is 12.9. The Labute approximate surface area is 105 Å². The van der Waals surface area contributed by atoms with E-state index >= 15 is 0 Å².